The Hall–Kier alpha value is -3.78. The average molecular weight is 575 g/mol. The predicted octanol–water partition coefficient (Wildman–Crippen LogP) is 7.07. The van der Waals surface area contributed by atoms with Gasteiger partial charge in [0.15, 0.2) is 0 Å². The second-order valence-electron chi connectivity index (χ2n) is 11.2. The van der Waals surface area contributed by atoms with Crippen molar-refractivity contribution in [1.82, 2.24) is 15.1 Å². The summed E-state index contributed by atoms with van der Waals surface area (Å²) in [4.78, 5) is 18.4. The molecular formula is C34H43FN4O3. The maximum atomic E-state index is 13.0. The summed E-state index contributed by atoms with van der Waals surface area (Å²) in [5.41, 5.74) is 6.94. The Morgan fingerprint density at radius 1 is 1.17 bits per heavy atom. The number of methoxy groups -OCH3 is 1. The van der Waals surface area contributed by atoms with Gasteiger partial charge in [0.2, 0.25) is 11.8 Å². The molecule has 224 valence electrons. The van der Waals surface area contributed by atoms with Gasteiger partial charge in [0, 0.05) is 43.6 Å². The molecule has 0 radical (unpaired) electrons. The van der Waals surface area contributed by atoms with Gasteiger partial charge in [-0.15, -0.1) is 0 Å². The van der Waals surface area contributed by atoms with E-state index in [1.807, 2.05) is 24.2 Å². The molecule has 2 unspecified atom stereocenters. The number of aromatic amines is 1. The minimum atomic E-state index is -0.168. The van der Waals surface area contributed by atoms with Crippen LogP contribution >= 0.6 is 0 Å². The first kappa shape index (κ1) is 31.2. The number of fused-ring (bicyclic) bond motifs is 1. The predicted molar refractivity (Wildman–Crippen MR) is 165 cm³/mol. The van der Waals surface area contributed by atoms with Crippen molar-refractivity contribution in [3.8, 4) is 5.88 Å². The number of allylic oxidation sites excluding steroid dienone is 7. The van der Waals surface area contributed by atoms with Crippen molar-refractivity contribution >= 4 is 11.6 Å². The number of rotatable bonds is 6. The smallest absolute Gasteiger partial charge is 0.248 e. The van der Waals surface area contributed by atoms with Crippen molar-refractivity contribution < 1.29 is 18.7 Å². The highest BCUT2D eigenvalue weighted by Crippen LogP contribution is 2.33. The Morgan fingerprint density at radius 2 is 2.02 bits per heavy atom. The van der Waals surface area contributed by atoms with Crippen LogP contribution < -0.4 is 4.74 Å². The fraction of sp³-hybridized carbons (Fsp3) is 0.441. The number of carbonyl (C=O) groups is 1. The Labute approximate surface area is 248 Å². The molecule has 1 aliphatic carbocycles. The van der Waals surface area contributed by atoms with Crippen molar-refractivity contribution in [2.75, 3.05) is 26.8 Å². The number of aliphatic imine (C=N–C) groups is 1. The molecule has 0 bridgehead atoms. The molecule has 1 amide bonds. The second-order valence-corrected chi connectivity index (χ2v) is 11.2. The number of aromatic nitrogens is 2. The van der Waals surface area contributed by atoms with Crippen LogP contribution in [-0.4, -0.2) is 53.5 Å². The number of hydrogen-bond donors (Lipinski definition) is 1. The summed E-state index contributed by atoms with van der Waals surface area (Å²) in [6.45, 7) is 8.46. The van der Waals surface area contributed by atoms with E-state index in [0.29, 0.717) is 18.9 Å². The van der Waals surface area contributed by atoms with Crippen LogP contribution in [0.3, 0.4) is 0 Å². The van der Waals surface area contributed by atoms with Crippen molar-refractivity contribution in [2.45, 2.75) is 65.4 Å². The zero-order valence-corrected chi connectivity index (χ0v) is 25.2. The first-order chi connectivity index (χ1) is 20.3. The van der Waals surface area contributed by atoms with Crippen LogP contribution in [-0.2, 0) is 16.1 Å². The van der Waals surface area contributed by atoms with Gasteiger partial charge in [-0.3, -0.25) is 9.79 Å². The first-order valence-electron chi connectivity index (χ1n) is 14.8. The molecule has 2 aromatic rings. The molecule has 7 nitrogen and oxygen atoms in total. The molecule has 1 saturated heterocycles. The van der Waals surface area contributed by atoms with E-state index in [0.717, 1.165) is 55.9 Å². The second kappa shape index (κ2) is 15.4. The molecule has 0 saturated carbocycles. The molecule has 1 aromatic carbocycles. The number of aryl methyl sites for hydroxylation is 2. The van der Waals surface area contributed by atoms with E-state index in [-0.39, 0.29) is 24.3 Å². The first-order valence-corrected chi connectivity index (χ1v) is 14.8. The fourth-order valence-corrected chi connectivity index (χ4v) is 5.41. The SMILES string of the molecule is C/C1=C/N=C2C=CC(F)=CCC2C=CC1.COCC(=O)N1CCCC(c2cn[nH]c2OCc2ccc(C)cc2C)CC1. The standard InChI is InChI=1S/C21H29N3O3.C13H14FN/c1-15-6-7-18(16(2)11-15)13-27-21-19(12-22-23-21)17-5-4-9-24(10-8-17)20(25)14-26-3;1-10-3-2-4-11-5-6-12(14)7-8-13(11)15-9-10/h6-7,11-12,17H,4-5,8-10,13-14H2,1-3H3,(H,22,23);2,4,6-9,11H,3,5H2,1H3/b;4-2?,10-9-,15-13?. The van der Waals surface area contributed by atoms with Gasteiger partial charge in [-0.05, 0) is 88.1 Å². The van der Waals surface area contributed by atoms with Crippen molar-refractivity contribution in [1.29, 1.82) is 0 Å². The number of halogens is 1. The lowest BCUT2D eigenvalue weighted by Crippen LogP contribution is -2.34. The minimum absolute atomic E-state index is 0.0664. The Morgan fingerprint density at radius 3 is 2.83 bits per heavy atom. The van der Waals surface area contributed by atoms with Crippen molar-refractivity contribution in [3.63, 3.8) is 0 Å². The molecule has 1 fully saturated rings. The van der Waals surface area contributed by atoms with Crippen molar-refractivity contribution in [2.24, 2.45) is 10.9 Å². The summed E-state index contributed by atoms with van der Waals surface area (Å²) >= 11 is 0. The molecule has 1 aromatic heterocycles. The summed E-state index contributed by atoms with van der Waals surface area (Å²) in [6, 6.07) is 6.39. The van der Waals surface area contributed by atoms with Crippen LogP contribution in [0, 0.1) is 19.8 Å². The third-order valence-corrected chi connectivity index (χ3v) is 7.89. The van der Waals surface area contributed by atoms with Gasteiger partial charge in [0.25, 0.3) is 0 Å². The zero-order chi connectivity index (χ0) is 29.9. The van der Waals surface area contributed by atoms with Crippen LogP contribution in [0.25, 0.3) is 0 Å². The van der Waals surface area contributed by atoms with E-state index in [1.54, 1.807) is 19.3 Å². The summed E-state index contributed by atoms with van der Waals surface area (Å²) in [6.07, 6.45) is 17.4. The number of H-pyrrole nitrogens is 1. The van der Waals surface area contributed by atoms with Gasteiger partial charge in [-0.1, -0.05) is 41.5 Å². The molecule has 2 aliphatic heterocycles. The average Bonchev–Trinajstić information content (AvgIpc) is 3.18. The quantitative estimate of drug-likeness (QED) is 0.374. The van der Waals surface area contributed by atoms with Gasteiger partial charge < -0.3 is 14.4 Å². The van der Waals surface area contributed by atoms with Gasteiger partial charge in [0.1, 0.15) is 19.0 Å². The van der Waals surface area contributed by atoms with Crippen LogP contribution in [0.2, 0.25) is 0 Å². The Bertz CT molecular complexity index is 1370. The topological polar surface area (TPSA) is 79.8 Å². The van der Waals surface area contributed by atoms with Gasteiger partial charge >= 0.3 is 0 Å². The highest BCUT2D eigenvalue weighted by Gasteiger charge is 2.25. The van der Waals surface area contributed by atoms with E-state index in [1.165, 1.54) is 28.3 Å². The fourth-order valence-electron chi connectivity index (χ4n) is 5.41. The molecule has 5 rings (SSSR count). The zero-order valence-electron chi connectivity index (χ0n) is 25.2. The molecule has 3 heterocycles. The Kier molecular flexibility index (Phi) is 11.5. The minimum Gasteiger partial charge on any atom is -0.473 e. The van der Waals surface area contributed by atoms with Gasteiger partial charge in [-0.2, -0.15) is 5.10 Å². The normalized spacial score (nSPS) is 21.6. The molecule has 1 N–H and O–H groups in total. The van der Waals surface area contributed by atoms with Gasteiger partial charge in [0.05, 0.1) is 6.20 Å². The highest BCUT2D eigenvalue weighted by atomic mass is 19.1. The van der Waals surface area contributed by atoms with E-state index >= 15 is 0 Å². The molecule has 0 spiro atoms. The summed E-state index contributed by atoms with van der Waals surface area (Å²) in [5, 5.41) is 7.22. The molecule has 8 heteroatoms. The van der Waals surface area contributed by atoms with E-state index in [9.17, 15) is 9.18 Å². The number of benzene rings is 1. The maximum Gasteiger partial charge on any atom is 0.248 e. The summed E-state index contributed by atoms with van der Waals surface area (Å²) < 4.78 is 24.1. The number of hydrogen-bond acceptors (Lipinski definition) is 5. The number of ether oxygens (including phenoxy) is 2. The Balaban J connectivity index is 0.000000227. The molecular weight excluding hydrogens is 531 g/mol. The summed E-state index contributed by atoms with van der Waals surface area (Å²) in [5.74, 6) is 1.21. The third kappa shape index (κ3) is 8.86. The number of likely N-dealkylation sites (tertiary alicyclic amines) is 1. The maximum absolute atomic E-state index is 13.0. The largest absolute Gasteiger partial charge is 0.473 e. The van der Waals surface area contributed by atoms with Crippen LogP contribution in [0.1, 0.15) is 67.2 Å². The lowest BCUT2D eigenvalue weighted by molar-refractivity contribution is -0.135. The van der Waals surface area contributed by atoms with Crippen LogP contribution in [0.15, 0.2) is 77.4 Å². The van der Waals surface area contributed by atoms with E-state index in [4.69, 9.17) is 9.47 Å². The number of carbonyl (C=O) groups excluding carboxylic acids is 1. The highest BCUT2D eigenvalue weighted by molar-refractivity contribution is 5.99. The lowest BCUT2D eigenvalue weighted by Gasteiger charge is -2.20. The monoisotopic (exact) mass is 574 g/mol. The number of nitrogens with one attached hydrogen (secondary N) is 1. The number of nitrogens with zero attached hydrogens (tertiary/aromatic N) is 3. The lowest BCUT2D eigenvalue weighted by atomic mass is 9.94. The number of amides is 1. The molecule has 2 atom stereocenters. The molecule has 42 heavy (non-hydrogen) atoms. The van der Waals surface area contributed by atoms with Crippen LogP contribution in [0.4, 0.5) is 4.39 Å². The van der Waals surface area contributed by atoms with Gasteiger partial charge in [-0.25, -0.2) is 9.49 Å². The van der Waals surface area contributed by atoms with E-state index < -0.39 is 0 Å². The third-order valence-electron chi connectivity index (χ3n) is 7.89. The summed E-state index contributed by atoms with van der Waals surface area (Å²) in [7, 11) is 1.56. The van der Waals surface area contributed by atoms with E-state index in [2.05, 4.69) is 59.4 Å². The van der Waals surface area contributed by atoms with Crippen LogP contribution in [0.5, 0.6) is 5.88 Å². The molecule has 3 aliphatic rings. The van der Waals surface area contributed by atoms with Crippen molar-refractivity contribution in [3.05, 3.63) is 94.6 Å².